The highest BCUT2D eigenvalue weighted by Gasteiger charge is 2.35. The molecule has 3 nitrogen and oxygen atoms in total. The van der Waals surface area contributed by atoms with Crippen LogP contribution in [0.4, 0.5) is 0 Å². The van der Waals surface area contributed by atoms with Gasteiger partial charge in [0.1, 0.15) is 0 Å². The third-order valence-electron chi connectivity index (χ3n) is 5.52. The molecule has 0 saturated carbocycles. The quantitative estimate of drug-likeness (QED) is 0.839. The zero-order valence-corrected chi connectivity index (χ0v) is 12.8. The van der Waals surface area contributed by atoms with Crippen LogP contribution in [-0.4, -0.2) is 60.1 Å². The molecule has 3 saturated heterocycles. The van der Waals surface area contributed by atoms with E-state index in [1.807, 2.05) is 0 Å². The molecule has 0 aromatic heterocycles. The second kappa shape index (κ2) is 6.11. The van der Waals surface area contributed by atoms with Crippen molar-refractivity contribution in [2.75, 3.05) is 26.2 Å². The first-order valence-electron chi connectivity index (χ1n) is 8.47. The summed E-state index contributed by atoms with van der Waals surface area (Å²) < 4.78 is 0. The number of piperidine rings is 1. The number of fused-ring (bicyclic) bond motifs is 1. The SMILES string of the molecule is CC(C)N(CC1CCCN1)C1CCN2CCCC2C1. The summed E-state index contributed by atoms with van der Waals surface area (Å²) in [5.41, 5.74) is 0. The lowest BCUT2D eigenvalue weighted by molar-refractivity contribution is 0.0614. The number of nitrogens with one attached hydrogen (secondary N) is 1. The van der Waals surface area contributed by atoms with Crippen LogP contribution in [0.2, 0.25) is 0 Å². The number of hydrogen-bond donors (Lipinski definition) is 1. The molecule has 3 heterocycles. The van der Waals surface area contributed by atoms with E-state index in [1.165, 1.54) is 64.7 Å². The van der Waals surface area contributed by atoms with E-state index in [-0.39, 0.29) is 0 Å². The maximum Gasteiger partial charge on any atom is 0.0195 e. The van der Waals surface area contributed by atoms with Gasteiger partial charge >= 0.3 is 0 Å². The van der Waals surface area contributed by atoms with Crippen LogP contribution in [0.1, 0.15) is 52.4 Å². The van der Waals surface area contributed by atoms with Gasteiger partial charge in [0.15, 0.2) is 0 Å². The molecule has 0 amide bonds. The van der Waals surface area contributed by atoms with E-state index >= 15 is 0 Å². The predicted molar refractivity (Wildman–Crippen MR) is 80.5 cm³/mol. The van der Waals surface area contributed by atoms with Crippen LogP contribution in [0.5, 0.6) is 0 Å². The molecule has 0 radical (unpaired) electrons. The molecule has 1 N–H and O–H groups in total. The highest BCUT2D eigenvalue weighted by molar-refractivity contribution is 4.92. The normalized spacial score (nSPS) is 36.3. The minimum atomic E-state index is 0.695. The Balaban J connectivity index is 1.59. The minimum Gasteiger partial charge on any atom is -0.313 e. The molecule has 0 spiro atoms. The van der Waals surface area contributed by atoms with Gasteiger partial charge in [0.05, 0.1) is 0 Å². The van der Waals surface area contributed by atoms with Gasteiger partial charge in [-0.2, -0.15) is 0 Å². The van der Waals surface area contributed by atoms with E-state index < -0.39 is 0 Å². The molecule has 19 heavy (non-hydrogen) atoms. The average Bonchev–Trinajstić information content (AvgIpc) is 3.05. The summed E-state index contributed by atoms with van der Waals surface area (Å²) in [6.07, 6.45) is 8.45. The molecule has 3 aliphatic heterocycles. The molecule has 0 bridgehead atoms. The lowest BCUT2D eigenvalue weighted by Gasteiger charge is -2.43. The molecule has 3 fully saturated rings. The second-order valence-corrected chi connectivity index (χ2v) is 7.09. The van der Waals surface area contributed by atoms with E-state index in [0.29, 0.717) is 6.04 Å². The van der Waals surface area contributed by atoms with E-state index in [9.17, 15) is 0 Å². The average molecular weight is 265 g/mol. The maximum atomic E-state index is 3.68. The topological polar surface area (TPSA) is 18.5 Å². The Morgan fingerprint density at radius 3 is 2.79 bits per heavy atom. The van der Waals surface area contributed by atoms with Crippen molar-refractivity contribution >= 4 is 0 Å². The van der Waals surface area contributed by atoms with Crippen molar-refractivity contribution in [3.05, 3.63) is 0 Å². The van der Waals surface area contributed by atoms with Crippen molar-refractivity contribution in [2.45, 2.75) is 76.5 Å². The maximum absolute atomic E-state index is 3.68. The van der Waals surface area contributed by atoms with Gasteiger partial charge in [-0.3, -0.25) is 4.90 Å². The summed E-state index contributed by atoms with van der Waals surface area (Å²) in [6, 6.07) is 3.18. The van der Waals surface area contributed by atoms with Crippen LogP contribution >= 0.6 is 0 Å². The van der Waals surface area contributed by atoms with Crippen LogP contribution in [0, 0.1) is 0 Å². The van der Waals surface area contributed by atoms with Gasteiger partial charge in [-0.1, -0.05) is 0 Å². The van der Waals surface area contributed by atoms with Crippen LogP contribution in [0.3, 0.4) is 0 Å². The number of nitrogens with zero attached hydrogens (tertiary/aromatic N) is 2. The van der Waals surface area contributed by atoms with Crippen molar-refractivity contribution in [3.8, 4) is 0 Å². The van der Waals surface area contributed by atoms with Crippen molar-refractivity contribution in [1.82, 2.24) is 15.1 Å². The highest BCUT2D eigenvalue weighted by Crippen LogP contribution is 2.30. The molecule has 3 rings (SSSR count). The summed E-state index contributed by atoms with van der Waals surface area (Å²) in [5.74, 6) is 0. The van der Waals surface area contributed by atoms with Crippen LogP contribution in [0.15, 0.2) is 0 Å². The number of rotatable bonds is 4. The fraction of sp³-hybridized carbons (Fsp3) is 1.00. The summed E-state index contributed by atoms with van der Waals surface area (Å²) >= 11 is 0. The Hall–Kier alpha value is -0.120. The van der Waals surface area contributed by atoms with E-state index in [1.54, 1.807) is 0 Å². The van der Waals surface area contributed by atoms with Crippen molar-refractivity contribution in [3.63, 3.8) is 0 Å². The van der Waals surface area contributed by atoms with Crippen molar-refractivity contribution in [1.29, 1.82) is 0 Å². The molecule has 3 heteroatoms. The fourth-order valence-electron chi connectivity index (χ4n) is 4.45. The first kappa shape index (κ1) is 13.8. The van der Waals surface area contributed by atoms with Crippen molar-refractivity contribution < 1.29 is 0 Å². The molecular weight excluding hydrogens is 234 g/mol. The molecule has 0 aromatic rings. The molecule has 3 unspecified atom stereocenters. The van der Waals surface area contributed by atoms with Gasteiger partial charge in [0, 0.05) is 30.7 Å². The minimum absolute atomic E-state index is 0.695. The smallest absolute Gasteiger partial charge is 0.0195 e. The Bertz CT molecular complexity index is 286. The molecule has 3 atom stereocenters. The highest BCUT2D eigenvalue weighted by atomic mass is 15.2. The summed E-state index contributed by atoms with van der Waals surface area (Å²) in [5, 5.41) is 3.68. The van der Waals surface area contributed by atoms with Crippen LogP contribution in [-0.2, 0) is 0 Å². The zero-order chi connectivity index (χ0) is 13.2. The fourth-order valence-corrected chi connectivity index (χ4v) is 4.45. The molecule has 110 valence electrons. The Labute approximate surface area is 118 Å². The van der Waals surface area contributed by atoms with Gasteiger partial charge in [-0.15, -0.1) is 0 Å². The lowest BCUT2D eigenvalue weighted by atomic mass is 9.94. The monoisotopic (exact) mass is 265 g/mol. The Morgan fingerprint density at radius 2 is 2.05 bits per heavy atom. The zero-order valence-electron chi connectivity index (χ0n) is 12.8. The van der Waals surface area contributed by atoms with E-state index in [4.69, 9.17) is 0 Å². The van der Waals surface area contributed by atoms with Gasteiger partial charge in [0.2, 0.25) is 0 Å². The van der Waals surface area contributed by atoms with E-state index in [2.05, 4.69) is 29.0 Å². The van der Waals surface area contributed by atoms with Gasteiger partial charge in [0.25, 0.3) is 0 Å². The molecule has 0 aromatic carbocycles. The van der Waals surface area contributed by atoms with Gasteiger partial charge in [-0.25, -0.2) is 0 Å². The first-order valence-corrected chi connectivity index (χ1v) is 8.47. The third-order valence-corrected chi connectivity index (χ3v) is 5.52. The first-order chi connectivity index (χ1) is 9.24. The van der Waals surface area contributed by atoms with E-state index in [0.717, 1.165) is 18.1 Å². The molecular formula is C16H31N3. The standard InChI is InChI=1S/C16H31N3/c1-13(2)19(12-14-5-3-8-17-14)16-7-10-18-9-4-6-15(18)11-16/h13-17H,3-12H2,1-2H3. The van der Waals surface area contributed by atoms with Crippen LogP contribution < -0.4 is 5.32 Å². The molecule has 0 aliphatic carbocycles. The second-order valence-electron chi connectivity index (χ2n) is 7.09. The molecule has 3 aliphatic rings. The Kier molecular flexibility index (Phi) is 4.45. The number of hydrogen-bond acceptors (Lipinski definition) is 3. The lowest BCUT2D eigenvalue weighted by Crippen LogP contribution is -2.52. The Morgan fingerprint density at radius 1 is 1.16 bits per heavy atom. The van der Waals surface area contributed by atoms with Gasteiger partial charge in [-0.05, 0) is 72.0 Å². The third kappa shape index (κ3) is 3.14. The van der Waals surface area contributed by atoms with Crippen molar-refractivity contribution in [2.24, 2.45) is 0 Å². The van der Waals surface area contributed by atoms with Gasteiger partial charge < -0.3 is 10.2 Å². The summed E-state index contributed by atoms with van der Waals surface area (Å²) in [7, 11) is 0. The largest absolute Gasteiger partial charge is 0.313 e. The predicted octanol–water partition coefficient (Wildman–Crippen LogP) is 2.08. The van der Waals surface area contributed by atoms with Crippen LogP contribution in [0.25, 0.3) is 0 Å². The summed E-state index contributed by atoms with van der Waals surface area (Å²) in [6.45, 7) is 9.98. The summed E-state index contributed by atoms with van der Waals surface area (Å²) in [4.78, 5) is 5.54.